The Bertz CT molecular complexity index is 845. The third kappa shape index (κ3) is 3.33. The number of benzene rings is 2. The van der Waals surface area contributed by atoms with E-state index in [0.29, 0.717) is 5.06 Å². The van der Waals surface area contributed by atoms with Crippen molar-refractivity contribution in [3.8, 4) is 11.1 Å². The molecule has 0 spiro atoms. The van der Waals surface area contributed by atoms with Gasteiger partial charge < -0.3 is 0 Å². The van der Waals surface area contributed by atoms with Crippen molar-refractivity contribution in [2.24, 2.45) is 0 Å². The van der Waals surface area contributed by atoms with Crippen LogP contribution in [0.4, 0.5) is 0 Å². The van der Waals surface area contributed by atoms with Crippen molar-refractivity contribution in [1.29, 1.82) is 0 Å². The van der Waals surface area contributed by atoms with Gasteiger partial charge in [0.15, 0.2) is 0 Å². The molecule has 1 fully saturated rings. The van der Waals surface area contributed by atoms with Crippen LogP contribution in [0.15, 0.2) is 53.4 Å². The quantitative estimate of drug-likeness (QED) is 0.828. The molecule has 0 aromatic heterocycles. The van der Waals surface area contributed by atoms with E-state index in [4.69, 9.17) is 0 Å². The maximum absolute atomic E-state index is 12.4. The highest BCUT2D eigenvalue weighted by Crippen LogP contribution is 2.22. The molecule has 0 bridgehead atoms. The molecular weight excluding hydrogens is 328 g/mol. The van der Waals surface area contributed by atoms with Gasteiger partial charge in [-0.1, -0.05) is 42.0 Å². The predicted molar refractivity (Wildman–Crippen MR) is 88.8 cm³/mol. The molecule has 3 rings (SSSR count). The molecule has 24 heavy (non-hydrogen) atoms. The standard InChI is InChI=1S/C17H18N2O4S/c1-12-2-4-13(5-3-12)14-6-8-15(9-7-14)24(22,23)18-16-10-11-19(21)17(16)20/h2-9,16,18,21H,10-11H2,1H3/t16-/m0/s1. The van der Waals surface area contributed by atoms with E-state index in [1.165, 1.54) is 12.1 Å². The second-order valence-corrected chi connectivity index (χ2v) is 7.53. The van der Waals surface area contributed by atoms with Crippen LogP contribution in [0.5, 0.6) is 0 Å². The smallest absolute Gasteiger partial charge is 0.264 e. The Kier molecular flexibility index (Phi) is 4.40. The minimum atomic E-state index is -3.81. The first-order valence-corrected chi connectivity index (χ1v) is 9.05. The van der Waals surface area contributed by atoms with E-state index in [-0.39, 0.29) is 17.9 Å². The monoisotopic (exact) mass is 346 g/mol. The van der Waals surface area contributed by atoms with Crippen LogP contribution < -0.4 is 4.72 Å². The van der Waals surface area contributed by atoms with Crippen molar-refractivity contribution in [2.45, 2.75) is 24.3 Å². The Morgan fingerprint density at radius 3 is 2.08 bits per heavy atom. The first kappa shape index (κ1) is 16.6. The molecule has 1 heterocycles. The summed E-state index contributed by atoms with van der Waals surface area (Å²) in [5.74, 6) is -0.630. The SMILES string of the molecule is Cc1ccc(-c2ccc(S(=O)(=O)N[C@H]3CCN(O)C3=O)cc2)cc1. The van der Waals surface area contributed by atoms with E-state index >= 15 is 0 Å². The summed E-state index contributed by atoms with van der Waals surface area (Å²) in [6.45, 7) is 2.13. The molecule has 1 atom stereocenters. The number of hydroxylamine groups is 2. The van der Waals surface area contributed by atoms with Gasteiger partial charge in [0.2, 0.25) is 10.0 Å². The lowest BCUT2D eigenvalue weighted by Gasteiger charge is -2.12. The topological polar surface area (TPSA) is 86.7 Å². The van der Waals surface area contributed by atoms with Gasteiger partial charge in [0.1, 0.15) is 6.04 Å². The van der Waals surface area contributed by atoms with Crippen LogP contribution >= 0.6 is 0 Å². The minimum absolute atomic E-state index is 0.0857. The van der Waals surface area contributed by atoms with E-state index in [9.17, 15) is 18.4 Å². The van der Waals surface area contributed by atoms with Crippen molar-refractivity contribution >= 4 is 15.9 Å². The van der Waals surface area contributed by atoms with Crippen molar-refractivity contribution in [3.63, 3.8) is 0 Å². The van der Waals surface area contributed by atoms with E-state index in [0.717, 1.165) is 16.7 Å². The van der Waals surface area contributed by atoms with Gasteiger partial charge >= 0.3 is 0 Å². The lowest BCUT2D eigenvalue weighted by Crippen LogP contribution is -2.40. The Hall–Kier alpha value is -2.22. The fourth-order valence-electron chi connectivity index (χ4n) is 2.60. The number of carbonyl (C=O) groups excluding carboxylic acids is 1. The van der Waals surface area contributed by atoms with Crippen LogP contribution in [0.1, 0.15) is 12.0 Å². The Morgan fingerprint density at radius 1 is 1.04 bits per heavy atom. The summed E-state index contributed by atoms with van der Waals surface area (Å²) >= 11 is 0. The van der Waals surface area contributed by atoms with E-state index in [1.807, 2.05) is 31.2 Å². The summed E-state index contributed by atoms with van der Waals surface area (Å²) in [7, 11) is -3.81. The summed E-state index contributed by atoms with van der Waals surface area (Å²) in [5.41, 5.74) is 3.06. The molecule has 2 N–H and O–H groups in total. The summed E-state index contributed by atoms with van der Waals surface area (Å²) < 4.78 is 27.1. The fraction of sp³-hybridized carbons (Fsp3) is 0.235. The number of nitrogens with zero attached hydrogens (tertiary/aromatic N) is 1. The zero-order valence-corrected chi connectivity index (χ0v) is 14.0. The summed E-state index contributed by atoms with van der Waals surface area (Å²) in [6, 6.07) is 13.5. The molecule has 1 saturated heterocycles. The second kappa shape index (κ2) is 6.35. The molecule has 126 valence electrons. The van der Waals surface area contributed by atoms with Gasteiger partial charge in [-0.2, -0.15) is 4.72 Å². The van der Waals surface area contributed by atoms with Gasteiger partial charge in [-0.05, 0) is 36.6 Å². The summed E-state index contributed by atoms with van der Waals surface area (Å²) in [5, 5.41) is 9.80. The van der Waals surface area contributed by atoms with Crippen LogP contribution in [0, 0.1) is 6.92 Å². The average molecular weight is 346 g/mol. The van der Waals surface area contributed by atoms with Crippen molar-refractivity contribution in [2.75, 3.05) is 6.54 Å². The lowest BCUT2D eigenvalue weighted by atomic mass is 10.0. The van der Waals surface area contributed by atoms with Crippen LogP contribution in [-0.4, -0.2) is 37.2 Å². The largest absolute Gasteiger partial charge is 0.286 e. The molecule has 1 aliphatic heterocycles. The second-order valence-electron chi connectivity index (χ2n) is 5.81. The fourth-order valence-corrected chi connectivity index (χ4v) is 3.83. The number of hydrogen-bond donors (Lipinski definition) is 2. The Labute approximate surface area is 140 Å². The highest BCUT2D eigenvalue weighted by Gasteiger charge is 2.34. The number of rotatable bonds is 4. The van der Waals surface area contributed by atoms with Crippen molar-refractivity contribution in [3.05, 3.63) is 54.1 Å². The van der Waals surface area contributed by atoms with Crippen LogP contribution in [0.3, 0.4) is 0 Å². The molecule has 6 nitrogen and oxygen atoms in total. The van der Waals surface area contributed by atoms with Crippen molar-refractivity contribution < 1.29 is 18.4 Å². The molecule has 2 aromatic rings. The molecule has 0 aliphatic carbocycles. The predicted octanol–water partition coefficient (Wildman–Crippen LogP) is 1.93. The number of sulfonamides is 1. The average Bonchev–Trinajstić information content (AvgIpc) is 2.87. The number of carbonyl (C=O) groups is 1. The molecule has 0 saturated carbocycles. The minimum Gasteiger partial charge on any atom is -0.286 e. The molecule has 0 unspecified atom stereocenters. The van der Waals surface area contributed by atoms with Gasteiger partial charge in [-0.3, -0.25) is 10.0 Å². The van der Waals surface area contributed by atoms with Crippen molar-refractivity contribution in [1.82, 2.24) is 9.79 Å². The van der Waals surface area contributed by atoms with Crippen LogP contribution in [-0.2, 0) is 14.8 Å². The number of hydrogen-bond acceptors (Lipinski definition) is 4. The Morgan fingerprint density at radius 2 is 1.58 bits per heavy atom. The molecule has 1 aliphatic rings. The van der Waals surface area contributed by atoms with E-state index in [2.05, 4.69) is 4.72 Å². The van der Waals surface area contributed by atoms with Gasteiger partial charge in [-0.15, -0.1) is 0 Å². The number of aryl methyl sites for hydroxylation is 1. The normalized spacial score (nSPS) is 18.2. The lowest BCUT2D eigenvalue weighted by molar-refractivity contribution is -0.158. The maximum atomic E-state index is 12.4. The van der Waals surface area contributed by atoms with E-state index < -0.39 is 22.0 Å². The zero-order valence-electron chi connectivity index (χ0n) is 13.1. The molecule has 2 aromatic carbocycles. The molecule has 1 amide bonds. The number of amides is 1. The van der Waals surface area contributed by atoms with Crippen LogP contribution in [0.2, 0.25) is 0 Å². The third-order valence-electron chi connectivity index (χ3n) is 4.03. The first-order valence-electron chi connectivity index (χ1n) is 7.56. The summed E-state index contributed by atoms with van der Waals surface area (Å²) in [6.07, 6.45) is 0.246. The Balaban J connectivity index is 1.79. The van der Waals surface area contributed by atoms with E-state index in [1.54, 1.807) is 12.1 Å². The highest BCUT2D eigenvalue weighted by molar-refractivity contribution is 7.89. The van der Waals surface area contributed by atoms with Gasteiger partial charge in [-0.25, -0.2) is 13.5 Å². The molecule has 7 heteroatoms. The highest BCUT2D eigenvalue weighted by atomic mass is 32.2. The van der Waals surface area contributed by atoms with Gasteiger partial charge in [0, 0.05) is 0 Å². The van der Waals surface area contributed by atoms with Crippen LogP contribution in [0.25, 0.3) is 11.1 Å². The molecular formula is C17H18N2O4S. The maximum Gasteiger partial charge on any atom is 0.264 e. The number of nitrogens with one attached hydrogen (secondary N) is 1. The van der Waals surface area contributed by atoms with Gasteiger partial charge in [0.05, 0.1) is 11.4 Å². The van der Waals surface area contributed by atoms with Gasteiger partial charge in [0.25, 0.3) is 5.91 Å². The zero-order chi connectivity index (χ0) is 17.3. The first-order chi connectivity index (χ1) is 11.4. The third-order valence-corrected chi connectivity index (χ3v) is 5.52. The molecule has 0 radical (unpaired) electrons. The summed E-state index contributed by atoms with van der Waals surface area (Å²) in [4.78, 5) is 11.7.